The number of hydrogen-bond acceptors (Lipinski definition) is 2. The van der Waals surface area contributed by atoms with E-state index in [0.29, 0.717) is 5.56 Å². The second-order valence-electron chi connectivity index (χ2n) is 7.03. The second-order valence-corrected chi connectivity index (χ2v) is 7.44. The molecule has 8 heteroatoms. The van der Waals surface area contributed by atoms with Gasteiger partial charge in [0.2, 0.25) is 5.91 Å². The Kier molecular flexibility index (Phi) is 7.30. The number of benzene rings is 2. The topological polar surface area (TPSA) is 58.2 Å². The average molecular weight is 427 g/mol. The fraction of sp³-hybridized carbons (Fsp3) is 0.333. The van der Waals surface area contributed by atoms with Crippen LogP contribution >= 0.6 is 11.6 Å². The van der Waals surface area contributed by atoms with Gasteiger partial charge in [0.05, 0.1) is 22.2 Å². The van der Waals surface area contributed by atoms with Gasteiger partial charge in [-0.1, -0.05) is 49.7 Å². The van der Waals surface area contributed by atoms with Gasteiger partial charge in [-0.15, -0.1) is 0 Å². The van der Waals surface area contributed by atoms with E-state index in [4.69, 9.17) is 11.6 Å². The zero-order chi connectivity index (χ0) is 21.8. The first-order valence-corrected chi connectivity index (χ1v) is 9.41. The maximum atomic E-state index is 12.9. The average Bonchev–Trinajstić information content (AvgIpc) is 2.65. The predicted octanol–water partition coefficient (Wildman–Crippen LogP) is 4.99. The van der Waals surface area contributed by atoms with E-state index in [9.17, 15) is 22.8 Å². The molecule has 2 N–H and O–H groups in total. The number of rotatable bonds is 6. The first-order chi connectivity index (χ1) is 13.5. The van der Waals surface area contributed by atoms with E-state index in [-0.39, 0.29) is 16.5 Å². The lowest BCUT2D eigenvalue weighted by Crippen LogP contribution is -2.50. The van der Waals surface area contributed by atoms with Crippen molar-refractivity contribution in [2.45, 2.75) is 39.0 Å². The lowest BCUT2D eigenvalue weighted by molar-refractivity contribution is -0.137. The molecule has 0 heterocycles. The van der Waals surface area contributed by atoms with Crippen LogP contribution in [0.25, 0.3) is 0 Å². The molecule has 0 aliphatic carbocycles. The monoisotopic (exact) mass is 426 g/mol. The Morgan fingerprint density at radius 3 is 2.21 bits per heavy atom. The molecule has 0 spiro atoms. The Labute approximate surface area is 172 Å². The summed E-state index contributed by atoms with van der Waals surface area (Å²) < 4.78 is 38.8. The minimum absolute atomic E-state index is 0.235. The van der Waals surface area contributed by atoms with Crippen molar-refractivity contribution in [3.63, 3.8) is 0 Å². The molecule has 2 aromatic rings. The summed E-state index contributed by atoms with van der Waals surface area (Å²) in [6.07, 6.45) is -4.47. The van der Waals surface area contributed by atoms with Crippen LogP contribution in [0.1, 0.15) is 48.3 Å². The molecule has 4 nitrogen and oxygen atoms in total. The molecular formula is C21H22ClF3N2O2. The zero-order valence-electron chi connectivity index (χ0n) is 16.2. The van der Waals surface area contributed by atoms with Gasteiger partial charge in [0.25, 0.3) is 5.91 Å². The summed E-state index contributed by atoms with van der Waals surface area (Å²) in [5, 5.41) is 5.58. The molecule has 0 fully saturated rings. The van der Waals surface area contributed by atoms with E-state index < -0.39 is 35.6 Å². The van der Waals surface area contributed by atoms with Crippen LogP contribution in [0.15, 0.2) is 48.5 Å². The van der Waals surface area contributed by atoms with Gasteiger partial charge in [-0.25, -0.2) is 0 Å². The third kappa shape index (κ3) is 5.97. The van der Waals surface area contributed by atoms with Crippen LogP contribution in [-0.2, 0) is 11.0 Å². The van der Waals surface area contributed by atoms with Crippen molar-refractivity contribution in [1.29, 1.82) is 0 Å². The molecule has 2 atom stereocenters. The Morgan fingerprint density at radius 1 is 0.966 bits per heavy atom. The van der Waals surface area contributed by atoms with Crippen molar-refractivity contribution in [2.75, 3.05) is 0 Å². The lowest BCUT2D eigenvalue weighted by atomic mass is 10.0. The van der Waals surface area contributed by atoms with Crippen molar-refractivity contribution in [1.82, 2.24) is 10.6 Å². The normalized spacial score (nSPS) is 13.7. The molecule has 0 unspecified atom stereocenters. The van der Waals surface area contributed by atoms with Crippen molar-refractivity contribution < 1.29 is 22.8 Å². The number of alkyl halides is 3. The molecule has 2 amide bonds. The Morgan fingerprint density at radius 2 is 1.62 bits per heavy atom. The summed E-state index contributed by atoms with van der Waals surface area (Å²) in [5.41, 5.74) is -0.241. The summed E-state index contributed by atoms with van der Waals surface area (Å²) in [6.45, 7) is 5.10. The molecule has 0 radical (unpaired) electrons. The van der Waals surface area contributed by atoms with Crippen LogP contribution < -0.4 is 10.6 Å². The second kappa shape index (κ2) is 9.31. The van der Waals surface area contributed by atoms with E-state index in [1.807, 2.05) is 0 Å². The van der Waals surface area contributed by atoms with Crippen LogP contribution in [0.2, 0.25) is 5.02 Å². The molecule has 2 rings (SSSR count). The van der Waals surface area contributed by atoms with Crippen molar-refractivity contribution in [3.8, 4) is 0 Å². The molecule has 0 aliphatic rings. The third-order valence-electron chi connectivity index (χ3n) is 4.43. The van der Waals surface area contributed by atoms with Crippen molar-refractivity contribution in [3.05, 3.63) is 70.2 Å². The third-order valence-corrected chi connectivity index (χ3v) is 4.76. The number of hydrogen-bond donors (Lipinski definition) is 2. The van der Waals surface area contributed by atoms with Crippen LogP contribution in [-0.4, -0.2) is 17.9 Å². The minimum atomic E-state index is -4.47. The van der Waals surface area contributed by atoms with E-state index in [0.717, 1.165) is 12.1 Å². The number of nitrogens with one attached hydrogen (secondary N) is 2. The van der Waals surface area contributed by atoms with Crippen LogP contribution in [0.4, 0.5) is 13.2 Å². The van der Waals surface area contributed by atoms with Crippen molar-refractivity contribution in [2.24, 2.45) is 5.92 Å². The quantitative estimate of drug-likeness (QED) is 0.683. The molecule has 0 aromatic heterocycles. The highest BCUT2D eigenvalue weighted by Crippen LogP contribution is 2.30. The minimum Gasteiger partial charge on any atom is -0.348 e. The standard InChI is InChI=1S/C21H22ClF3N2O2/c1-12(2)18(27-19(28)16-9-4-5-10-17(16)22)20(29)26-13(3)14-7-6-8-15(11-14)21(23,24)25/h4-13,18H,1-3H3,(H,26,29)(H,27,28)/t13-,18-/m0/s1. The van der Waals surface area contributed by atoms with E-state index in [1.54, 1.807) is 39.0 Å². The molecule has 156 valence electrons. The number of halogens is 4. The first-order valence-electron chi connectivity index (χ1n) is 9.03. The zero-order valence-corrected chi connectivity index (χ0v) is 16.9. The maximum Gasteiger partial charge on any atom is 0.416 e. The highest BCUT2D eigenvalue weighted by atomic mass is 35.5. The number of amides is 2. The summed E-state index contributed by atoms with van der Waals surface area (Å²) >= 11 is 6.02. The fourth-order valence-electron chi connectivity index (χ4n) is 2.77. The first kappa shape index (κ1) is 22.7. The predicted molar refractivity (Wildman–Crippen MR) is 106 cm³/mol. The van der Waals surface area contributed by atoms with Crippen LogP contribution in [0.5, 0.6) is 0 Å². The number of carbonyl (C=O) groups excluding carboxylic acids is 2. The highest BCUT2D eigenvalue weighted by molar-refractivity contribution is 6.33. The summed E-state index contributed by atoms with van der Waals surface area (Å²) in [7, 11) is 0. The van der Waals surface area contributed by atoms with E-state index in [2.05, 4.69) is 10.6 Å². The Bertz CT molecular complexity index is 884. The molecule has 0 bridgehead atoms. The van der Waals surface area contributed by atoms with Gasteiger partial charge in [0.1, 0.15) is 6.04 Å². The lowest BCUT2D eigenvalue weighted by Gasteiger charge is -2.24. The Balaban J connectivity index is 2.13. The molecular weight excluding hydrogens is 405 g/mol. The van der Waals surface area contributed by atoms with Gasteiger partial charge in [0.15, 0.2) is 0 Å². The fourth-order valence-corrected chi connectivity index (χ4v) is 2.99. The molecule has 2 aromatic carbocycles. The highest BCUT2D eigenvalue weighted by Gasteiger charge is 2.31. The SMILES string of the molecule is CC(C)[C@H](NC(=O)c1ccccc1Cl)C(=O)N[C@@H](C)c1cccc(C(F)(F)F)c1. The van der Waals surface area contributed by atoms with E-state index >= 15 is 0 Å². The van der Waals surface area contributed by atoms with Gasteiger partial charge in [-0.05, 0) is 42.7 Å². The molecule has 0 saturated carbocycles. The maximum absolute atomic E-state index is 12.9. The molecule has 0 saturated heterocycles. The van der Waals surface area contributed by atoms with Gasteiger partial charge < -0.3 is 10.6 Å². The largest absolute Gasteiger partial charge is 0.416 e. The van der Waals surface area contributed by atoms with Gasteiger partial charge in [-0.2, -0.15) is 13.2 Å². The summed E-state index contributed by atoms with van der Waals surface area (Å²) in [4.78, 5) is 25.2. The number of carbonyl (C=O) groups is 2. The van der Waals surface area contributed by atoms with Crippen molar-refractivity contribution >= 4 is 23.4 Å². The molecule has 0 aliphatic heterocycles. The van der Waals surface area contributed by atoms with Gasteiger partial charge in [-0.3, -0.25) is 9.59 Å². The van der Waals surface area contributed by atoms with Gasteiger partial charge >= 0.3 is 6.18 Å². The van der Waals surface area contributed by atoms with Crippen LogP contribution in [0, 0.1) is 5.92 Å². The summed E-state index contributed by atoms with van der Waals surface area (Å²) in [5.74, 6) is -1.25. The summed E-state index contributed by atoms with van der Waals surface area (Å²) in [6, 6.07) is 9.65. The molecule has 29 heavy (non-hydrogen) atoms. The van der Waals surface area contributed by atoms with E-state index in [1.165, 1.54) is 18.2 Å². The van der Waals surface area contributed by atoms with Crippen LogP contribution in [0.3, 0.4) is 0 Å². The van der Waals surface area contributed by atoms with Gasteiger partial charge in [0, 0.05) is 0 Å². The smallest absolute Gasteiger partial charge is 0.348 e. The Hall–Kier alpha value is -2.54.